The average Bonchev–Trinajstić information content (AvgIpc) is 2.38. The summed E-state index contributed by atoms with van der Waals surface area (Å²) in [6.07, 6.45) is -0.466. The molecule has 7 nitrogen and oxygen atoms in total. The molecule has 0 heterocycles. The van der Waals surface area contributed by atoms with Crippen molar-refractivity contribution in [2.45, 2.75) is 20.0 Å². The first-order chi connectivity index (χ1) is 8.99. The summed E-state index contributed by atoms with van der Waals surface area (Å²) in [6, 6.07) is 3.66. The Morgan fingerprint density at radius 2 is 2.21 bits per heavy atom. The van der Waals surface area contributed by atoms with Crippen molar-refractivity contribution < 1.29 is 24.0 Å². The predicted molar refractivity (Wildman–Crippen MR) is 65.2 cm³/mol. The van der Waals surface area contributed by atoms with Gasteiger partial charge in [-0.25, -0.2) is 4.79 Å². The molecular weight excluding hydrogens is 254 g/mol. The summed E-state index contributed by atoms with van der Waals surface area (Å²) in [5.41, 5.74) is -0.0987. The SMILES string of the molecule is CCOC(=O)C(C)Oc1cc(C=O)ccc1[N+](=O)[O-]. The molecule has 0 aromatic heterocycles. The number of ether oxygens (including phenoxy) is 2. The molecule has 0 amide bonds. The molecule has 102 valence electrons. The van der Waals surface area contributed by atoms with E-state index in [9.17, 15) is 19.7 Å². The maximum absolute atomic E-state index is 11.4. The zero-order chi connectivity index (χ0) is 14.4. The van der Waals surface area contributed by atoms with Crippen LogP contribution in [0.2, 0.25) is 0 Å². The van der Waals surface area contributed by atoms with Crippen LogP contribution in [-0.2, 0) is 9.53 Å². The summed E-state index contributed by atoms with van der Waals surface area (Å²) in [6.45, 7) is 3.23. The minimum atomic E-state index is -0.999. The topological polar surface area (TPSA) is 95.7 Å². The van der Waals surface area contributed by atoms with Gasteiger partial charge in [0, 0.05) is 11.6 Å². The zero-order valence-electron chi connectivity index (χ0n) is 10.5. The second kappa shape index (κ2) is 6.48. The number of esters is 1. The largest absolute Gasteiger partial charge is 0.472 e. The highest BCUT2D eigenvalue weighted by molar-refractivity contribution is 5.78. The number of hydrogen-bond donors (Lipinski definition) is 0. The van der Waals surface area contributed by atoms with Gasteiger partial charge in [-0.3, -0.25) is 14.9 Å². The second-order valence-corrected chi connectivity index (χ2v) is 3.61. The lowest BCUT2D eigenvalue weighted by molar-refractivity contribution is -0.386. The molecule has 0 radical (unpaired) electrons. The molecule has 0 saturated carbocycles. The number of carbonyl (C=O) groups is 2. The molecule has 0 N–H and O–H groups in total. The maximum atomic E-state index is 11.4. The Hall–Kier alpha value is -2.44. The van der Waals surface area contributed by atoms with Gasteiger partial charge in [0.2, 0.25) is 0 Å². The minimum Gasteiger partial charge on any atom is -0.472 e. The van der Waals surface area contributed by atoms with Crippen LogP contribution >= 0.6 is 0 Å². The number of hydrogen-bond acceptors (Lipinski definition) is 6. The molecule has 1 aromatic rings. The van der Waals surface area contributed by atoms with Gasteiger partial charge in [0.1, 0.15) is 6.29 Å². The molecular formula is C12H13NO6. The molecule has 0 aliphatic heterocycles. The highest BCUT2D eigenvalue weighted by atomic mass is 16.6. The summed E-state index contributed by atoms with van der Waals surface area (Å²) in [7, 11) is 0. The Bertz CT molecular complexity index is 499. The lowest BCUT2D eigenvalue weighted by atomic mass is 10.2. The maximum Gasteiger partial charge on any atom is 0.347 e. The van der Waals surface area contributed by atoms with E-state index in [-0.39, 0.29) is 23.6 Å². The number of rotatable bonds is 6. The molecule has 0 bridgehead atoms. The highest BCUT2D eigenvalue weighted by Crippen LogP contribution is 2.28. The van der Waals surface area contributed by atoms with Crippen molar-refractivity contribution in [3.8, 4) is 5.75 Å². The van der Waals surface area contributed by atoms with E-state index in [0.717, 1.165) is 6.07 Å². The van der Waals surface area contributed by atoms with Gasteiger partial charge in [-0.15, -0.1) is 0 Å². The van der Waals surface area contributed by atoms with Crippen LogP contribution in [0.1, 0.15) is 24.2 Å². The highest BCUT2D eigenvalue weighted by Gasteiger charge is 2.22. The Balaban J connectivity index is 3.00. The van der Waals surface area contributed by atoms with E-state index in [4.69, 9.17) is 9.47 Å². The smallest absolute Gasteiger partial charge is 0.347 e. The summed E-state index contributed by atoms with van der Waals surface area (Å²) in [5.74, 6) is -0.775. The van der Waals surface area contributed by atoms with Crippen LogP contribution in [-0.4, -0.2) is 29.9 Å². The third-order valence-electron chi connectivity index (χ3n) is 2.24. The first-order valence-corrected chi connectivity index (χ1v) is 5.56. The van der Waals surface area contributed by atoms with E-state index in [1.807, 2.05) is 0 Å². The molecule has 1 unspecified atom stereocenters. The number of benzene rings is 1. The number of aldehydes is 1. The average molecular weight is 267 g/mol. The summed E-state index contributed by atoms with van der Waals surface area (Å²) >= 11 is 0. The standard InChI is InChI=1S/C12H13NO6/c1-3-18-12(15)8(2)19-11-6-9(7-14)4-5-10(11)13(16)17/h4-8H,3H2,1-2H3. The van der Waals surface area contributed by atoms with Crippen molar-refractivity contribution in [2.24, 2.45) is 0 Å². The third-order valence-corrected chi connectivity index (χ3v) is 2.24. The van der Waals surface area contributed by atoms with E-state index < -0.39 is 17.0 Å². The van der Waals surface area contributed by atoms with Crippen molar-refractivity contribution in [2.75, 3.05) is 6.61 Å². The van der Waals surface area contributed by atoms with Gasteiger partial charge >= 0.3 is 11.7 Å². The molecule has 0 aliphatic carbocycles. The van der Waals surface area contributed by atoms with Crippen molar-refractivity contribution >= 4 is 17.9 Å². The normalized spacial score (nSPS) is 11.5. The second-order valence-electron chi connectivity index (χ2n) is 3.61. The van der Waals surface area contributed by atoms with Gasteiger partial charge in [-0.05, 0) is 26.0 Å². The number of nitro benzene ring substituents is 1. The van der Waals surface area contributed by atoms with E-state index in [1.165, 1.54) is 19.1 Å². The van der Waals surface area contributed by atoms with E-state index in [1.54, 1.807) is 6.92 Å². The van der Waals surface area contributed by atoms with E-state index in [0.29, 0.717) is 6.29 Å². The Morgan fingerprint density at radius 3 is 2.74 bits per heavy atom. The number of nitro groups is 1. The first kappa shape index (κ1) is 14.6. The number of nitrogens with zero attached hydrogens (tertiary/aromatic N) is 1. The summed E-state index contributed by atoms with van der Waals surface area (Å²) in [5, 5.41) is 10.8. The van der Waals surface area contributed by atoms with Crippen LogP contribution in [0, 0.1) is 10.1 Å². The summed E-state index contributed by atoms with van der Waals surface area (Å²) in [4.78, 5) is 32.2. The van der Waals surface area contributed by atoms with Crippen LogP contribution in [0.15, 0.2) is 18.2 Å². The van der Waals surface area contributed by atoms with E-state index in [2.05, 4.69) is 0 Å². The van der Waals surface area contributed by atoms with Crippen LogP contribution in [0.25, 0.3) is 0 Å². The molecule has 0 spiro atoms. The van der Waals surface area contributed by atoms with Gasteiger partial charge in [0.05, 0.1) is 11.5 Å². The fourth-order valence-electron chi connectivity index (χ4n) is 1.35. The molecule has 19 heavy (non-hydrogen) atoms. The molecule has 7 heteroatoms. The molecule has 0 fully saturated rings. The quantitative estimate of drug-likeness (QED) is 0.337. The van der Waals surface area contributed by atoms with Crippen LogP contribution in [0.3, 0.4) is 0 Å². The van der Waals surface area contributed by atoms with Gasteiger partial charge < -0.3 is 9.47 Å². The van der Waals surface area contributed by atoms with Gasteiger partial charge in [0.15, 0.2) is 11.9 Å². The Kier molecular flexibility index (Phi) is 4.99. The van der Waals surface area contributed by atoms with Crippen molar-refractivity contribution in [3.63, 3.8) is 0 Å². The molecule has 0 aliphatic rings. The van der Waals surface area contributed by atoms with Crippen molar-refractivity contribution in [1.82, 2.24) is 0 Å². The fraction of sp³-hybridized carbons (Fsp3) is 0.333. The van der Waals surface area contributed by atoms with Crippen LogP contribution in [0.4, 0.5) is 5.69 Å². The Morgan fingerprint density at radius 1 is 1.53 bits per heavy atom. The lowest BCUT2D eigenvalue weighted by Crippen LogP contribution is -2.26. The molecule has 1 rings (SSSR count). The fourth-order valence-corrected chi connectivity index (χ4v) is 1.35. The lowest BCUT2D eigenvalue weighted by Gasteiger charge is -2.13. The minimum absolute atomic E-state index is 0.143. The van der Waals surface area contributed by atoms with Crippen LogP contribution < -0.4 is 4.74 Å². The van der Waals surface area contributed by atoms with E-state index >= 15 is 0 Å². The van der Waals surface area contributed by atoms with Crippen molar-refractivity contribution in [3.05, 3.63) is 33.9 Å². The van der Waals surface area contributed by atoms with Gasteiger partial charge in [-0.1, -0.05) is 0 Å². The van der Waals surface area contributed by atoms with Gasteiger partial charge in [0.25, 0.3) is 0 Å². The van der Waals surface area contributed by atoms with Gasteiger partial charge in [-0.2, -0.15) is 0 Å². The number of carbonyl (C=O) groups excluding carboxylic acids is 2. The predicted octanol–water partition coefficient (Wildman–Crippen LogP) is 1.74. The Labute approximate surface area is 109 Å². The molecule has 1 aromatic carbocycles. The third kappa shape index (κ3) is 3.77. The molecule has 1 atom stereocenters. The summed E-state index contributed by atoms with van der Waals surface area (Å²) < 4.78 is 9.92. The van der Waals surface area contributed by atoms with Crippen molar-refractivity contribution in [1.29, 1.82) is 0 Å². The zero-order valence-corrected chi connectivity index (χ0v) is 10.5. The molecule has 0 saturated heterocycles. The monoisotopic (exact) mass is 267 g/mol. The van der Waals surface area contributed by atoms with Crippen LogP contribution in [0.5, 0.6) is 5.75 Å². The first-order valence-electron chi connectivity index (χ1n) is 5.56.